The maximum atomic E-state index is 13.6. The van der Waals surface area contributed by atoms with Gasteiger partial charge in [-0.1, -0.05) is 6.08 Å². The first kappa shape index (κ1) is 33.3. The van der Waals surface area contributed by atoms with Crippen molar-refractivity contribution >= 4 is 23.9 Å². The van der Waals surface area contributed by atoms with Gasteiger partial charge in [-0.05, 0) is 12.5 Å². The number of carbonyl (C=O) groups is 4. The van der Waals surface area contributed by atoms with Crippen LogP contribution in [0.3, 0.4) is 0 Å². The zero-order valence-corrected chi connectivity index (χ0v) is 22.5. The summed E-state index contributed by atoms with van der Waals surface area (Å²) in [4.78, 5) is 76.2. The number of nitrogens with two attached hydrogens (primary N) is 2. The molecule has 0 aromatic carbocycles. The Kier molecular flexibility index (Phi) is 10.4. The fraction of sp³-hybridized carbons (Fsp3) is 0.565. The summed E-state index contributed by atoms with van der Waals surface area (Å²) in [7, 11) is 0. The minimum Gasteiger partial charge on any atom is -0.479 e. The van der Waals surface area contributed by atoms with Crippen LogP contribution in [0.1, 0.15) is 18.7 Å². The van der Waals surface area contributed by atoms with Crippen LogP contribution in [0.4, 0.5) is 4.79 Å². The number of likely N-dealkylation sites (tertiary alicyclic amines) is 1. The standard InChI is InChI=1S/C23H32N6O14/c1-2-7-3-28(12(7)21(38)39)19(37)11(26-18(36)10(24)13(32)9(31)6-42-22(25)40)16-14(33)15(34)20(43-16)29-4-8(5-30)17(35)27-23(29)41/h2,4,9-16,20,30-34H,3,5-6,24H2,1H3,(H2,25,40)(H,26,36)(H,38,39)(H,27,35,41)/b7-2+/t9-,10-,11-,12-,13+,14-,15+,16+,20+/m0/s1. The lowest BCUT2D eigenvalue weighted by Crippen LogP contribution is -2.67. The van der Waals surface area contributed by atoms with Crippen molar-refractivity contribution in [1.29, 1.82) is 0 Å². The smallest absolute Gasteiger partial charge is 0.404 e. The summed E-state index contributed by atoms with van der Waals surface area (Å²) in [5.74, 6) is -3.89. The SMILES string of the molecule is C/C=C1\CN(C(=O)[C@@H](NC(=O)[C@@H](N)[C@H](O)[C@@H](O)COC(N)=O)[C@H]2O[C@@H](n3cc(CO)c(=O)[nH]c3=O)[C@H](O)[C@@H]2O)[C@@H]1C(=O)O. The van der Waals surface area contributed by atoms with Crippen molar-refractivity contribution in [1.82, 2.24) is 19.8 Å². The van der Waals surface area contributed by atoms with Gasteiger partial charge in [-0.3, -0.25) is 23.9 Å². The number of aliphatic carboxylic acids is 1. The molecule has 0 bridgehead atoms. The molecule has 3 heterocycles. The number of amides is 3. The lowest BCUT2D eigenvalue weighted by atomic mass is 9.92. The van der Waals surface area contributed by atoms with Crippen LogP contribution < -0.4 is 28.0 Å². The summed E-state index contributed by atoms with van der Waals surface area (Å²) >= 11 is 0. The number of carboxylic acids is 1. The molecule has 0 radical (unpaired) electrons. The van der Waals surface area contributed by atoms with Gasteiger partial charge in [0.2, 0.25) is 11.8 Å². The number of primary amides is 1. The minimum atomic E-state index is -2.09. The van der Waals surface area contributed by atoms with Crippen molar-refractivity contribution in [2.75, 3.05) is 13.2 Å². The van der Waals surface area contributed by atoms with Gasteiger partial charge in [0.15, 0.2) is 12.3 Å². The van der Waals surface area contributed by atoms with Crippen molar-refractivity contribution in [3.05, 3.63) is 44.2 Å². The molecule has 9 atom stereocenters. The number of carbonyl (C=O) groups excluding carboxylic acids is 3. The molecular weight excluding hydrogens is 584 g/mol. The Balaban J connectivity index is 1.95. The first-order valence-electron chi connectivity index (χ1n) is 12.6. The first-order chi connectivity index (χ1) is 20.1. The summed E-state index contributed by atoms with van der Waals surface area (Å²) in [6, 6.07) is -5.47. The quantitative estimate of drug-likeness (QED) is 0.103. The van der Waals surface area contributed by atoms with E-state index in [0.717, 1.165) is 11.1 Å². The van der Waals surface area contributed by atoms with Crippen LogP contribution in [0.15, 0.2) is 27.4 Å². The molecule has 2 aliphatic rings. The predicted molar refractivity (Wildman–Crippen MR) is 138 cm³/mol. The van der Waals surface area contributed by atoms with Gasteiger partial charge in [0.25, 0.3) is 5.56 Å². The van der Waals surface area contributed by atoms with Crippen molar-refractivity contribution < 1.29 is 59.3 Å². The Morgan fingerprint density at radius 1 is 1.23 bits per heavy atom. The maximum absolute atomic E-state index is 13.6. The number of nitrogens with one attached hydrogen (secondary N) is 2. The number of ether oxygens (including phenoxy) is 2. The second kappa shape index (κ2) is 13.4. The number of aliphatic hydroxyl groups is 5. The highest BCUT2D eigenvalue weighted by Crippen LogP contribution is 2.33. The van der Waals surface area contributed by atoms with E-state index in [1.165, 1.54) is 13.0 Å². The van der Waals surface area contributed by atoms with E-state index in [1.807, 2.05) is 4.98 Å². The molecule has 238 valence electrons. The van der Waals surface area contributed by atoms with Gasteiger partial charge in [0, 0.05) is 12.7 Å². The van der Waals surface area contributed by atoms with Crippen LogP contribution in [-0.4, -0.2) is 131 Å². The number of allylic oxidation sites excluding steroid dienone is 1. The predicted octanol–water partition coefficient (Wildman–Crippen LogP) is -6.48. The molecule has 0 aliphatic carbocycles. The van der Waals surface area contributed by atoms with Gasteiger partial charge >= 0.3 is 17.8 Å². The van der Waals surface area contributed by atoms with Crippen LogP contribution in [0.5, 0.6) is 0 Å². The number of aliphatic hydroxyl groups excluding tert-OH is 5. The largest absolute Gasteiger partial charge is 0.479 e. The van der Waals surface area contributed by atoms with E-state index in [-0.39, 0.29) is 12.1 Å². The molecule has 2 fully saturated rings. The van der Waals surface area contributed by atoms with E-state index in [4.69, 9.17) is 16.2 Å². The molecule has 2 aliphatic heterocycles. The molecule has 1 aromatic heterocycles. The molecule has 20 nitrogen and oxygen atoms in total. The number of aromatic nitrogens is 2. The fourth-order valence-electron chi connectivity index (χ4n) is 4.60. The highest BCUT2D eigenvalue weighted by atomic mass is 16.6. The molecule has 2 saturated heterocycles. The number of rotatable bonds is 11. The number of nitrogens with zero attached hydrogens (tertiary/aromatic N) is 2. The Bertz CT molecular complexity index is 1390. The molecule has 12 N–H and O–H groups in total. The monoisotopic (exact) mass is 616 g/mol. The summed E-state index contributed by atoms with van der Waals surface area (Å²) in [6.07, 6.45) is -10.7. The number of hydrogen-bond donors (Lipinski definition) is 10. The van der Waals surface area contributed by atoms with E-state index in [9.17, 15) is 59.4 Å². The Morgan fingerprint density at radius 2 is 1.88 bits per heavy atom. The zero-order valence-electron chi connectivity index (χ0n) is 22.5. The topological polar surface area (TPSA) is 330 Å². The number of aromatic amines is 1. The van der Waals surface area contributed by atoms with Crippen molar-refractivity contribution in [3.63, 3.8) is 0 Å². The van der Waals surface area contributed by atoms with Gasteiger partial charge in [-0.2, -0.15) is 0 Å². The van der Waals surface area contributed by atoms with Gasteiger partial charge in [-0.15, -0.1) is 0 Å². The van der Waals surface area contributed by atoms with Crippen LogP contribution >= 0.6 is 0 Å². The Labute approximate surface area is 240 Å². The Hall–Kier alpha value is -4.18. The van der Waals surface area contributed by atoms with Crippen LogP contribution in [0, 0.1) is 0 Å². The van der Waals surface area contributed by atoms with Crippen molar-refractivity contribution in [3.8, 4) is 0 Å². The average Bonchev–Trinajstić information content (AvgIpc) is 3.22. The van der Waals surface area contributed by atoms with Gasteiger partial charge in [-0.25, -0.2) is 14.4 Å². The van der Waals surface area contributed by atoms with Gasteiger partial charge < -0.3 is 61.8 Å². The second-order valence-corrected chi connectivity index (χ2v) is 9.72. The third-order valence-corrected chi connectivity index (χ3v) is 7.02. The molecule has 3 rings (SSSR count). The lowest BCUT2D eigenvalue weighted by Gasteiger charge is -2.43. The lowest BCUT2D eigenvalue weighted by molar-refractivity contribution is -0.157. The molecule has 0 spiro atoms. The summed E-state index contributed by atoms with van der Waals surface area (Å²) < 4.78 is 10.6. The minimum absolute atomic E-state index is 0.204. The highest BCUT2D eigenvalue weighted by molar-refractivity contribution is 5.95. The molecule has 0 unspecified atom stereocenters. The van der Waals surface area contributed by atoms with Crippen LogP contribution in [0.25, 0.3) is 0 Å². The number of carboxylic acid groups (broad SMARTS) is 1. The molecular formula is C23H32N6O14. The van der Waals surface area contributed by atoms with Gasteiger partial charge in [0.1, 0.15) is 49.2 Å². The molecule has 1 aromatic rings. The normalized spacial score (nSPS) is 27.1. The number of H-pyrrole nitrogens is 1. The highest BCUT2D eigenvalue weighted by Gasteiger charge is 2.54. The summed E-state index contributed by atoms with van der Waals surface area (Å²) in [6.45, 7) is -0.350. The Morgan fingerprint density at radius 3 is 2.44 bits per heavy atom. The van der Waals surface area contributed by atoms with Crippen LogP contribution in [0.2, 0.25) is 0 Å². The van der Waals surface area contributed by atoms with Crippen molar-refractivity contribution in [2.24, 2.45) is 11.5 Å². The van der Waals surface area contributed by atoms with E-state index < -0.39 is 103 Å². The van der Waals surface area contributed by atoms with E-state index >= 15 is 0 Å². The third kappa shape index (κ3) is 6.74. The molecule has 20 heteroatoms. The first-order valence-corrected chi connectivity index (χ1v) is 12.6. The number of hydrogen-bond acceptors (Lipinski definition) is 14. The average molecular weight is 617 g/mol. The molecule has 0 saturated carbocycles. The van der Waals surface area contributed by atoms with E-state index in [2.05, 4.69) is 10.1 Å². The van der Waals surface area contributed by atoms with Crippen LogP contribution in [-0.2, 0) is 30.5 Å². The third-order valence-electron chi connectivity index (χ3n) is 7.02. The summed E-state index contributed by atoms with van der Waals surface area (Å²) in [5.41, 5.74) is 8.46. The van der Waals surface area contributed by atoms with E-state index in [0.29, 0.717) is 10.1 Å². The maximum Gasteiger partial charge on any atom is 0.404 e. The molecule has 3 amide bonds. The van der Waals surface area contributed by atoms with Crippen molar-refractivity contribution in [2.45, 2.75) is 68.4 Å². The zero-order chi connectivity index (χ0) is 32.3. The second-order valence-electron chi connectivity index (χ2n) is 9.72. The van der Waals surface area contributed by atoms with Gasteiger partial charge in [0.05, 0.1) is 12.2 Å². The molecule has 43 heavy (non-hydrogen) atoms. The van der Waals surface area contributed by atoms with E-state index in [1.54, 1.807) is 0 Å². The summed E-state index contributed by atoms with van der Waals surface area (Å²) in [5, 5.41) is 63.0. The fourth-order valence-corrected chi connectivity index (χ4v) is 4.60.